The van der Waals surface area contributed by atoms with Gasteiger partial charge in [-0.25, -0.2) is 0 Å². The molecule has 0 amide bonds. The first-order valence-corrected chi connectivity index (χ1v) is 9.65. The summed E-state index contributed by atoms with van der Waals surface area (Å²) in [6.07, 6.45) is 2.99. The molecule has 0 bridgehead atoms. The van der Waals surface area contributed by atoms with Crippen LogP contribution in [0, 0.1) is 29.6 Å². The number of allylic oxidation sites excluding steroid dienone is 2. The second-order valence-corrected chi connectivity index (χ2v) is 8.25. The van der Waals surface area contributed by atoms with Gasteiger partial charge in [0.15, 0.2) is 11.6 Å². The summed E-state index contributed by atoms with van der Waals surface area (Å²) < 4.78 is 0. The van der Waals surface area contributed by atoms with E-state index in [4.69, 9.17) is 0 Å². The molecule has 0 saturated carbocycles. The second kappa shape index (κ2) is 9.30. The van der Waals surface area contributed by atoms with Crippen molar-refractivity contribution in [3.63, 3.8) is 0 Å². The highest BCUT2D eigenvalue weighted by Crippen LogP contribution is 2.39. The number of carbonyl (C=O) groups excluding carboxylic acids is 3. The standard InChI is InChI=1S/C21H34O4/c1-7-14(6)19(23)18-20(24)15(10-8-12(2)3)17(21(18)25)16(22)11-9-13(4)5/h12-15,17,25H,7-11H2,1-6H3/t14?,15-,17?/m0/s1. The maximum atomic E-state index is 12.9. The predicted octanol–water partition coefficient (Wildman–Crippen LogP) is 4.67. The molecule has 0 saturated heterocycles. The van der Waals surface area contributed by atoms with E-state index in [1.807, 2.05) is 20.8 Å². The summed E-state index contributed by atoms with van der Waals surface area (Å²) in [4.78, 5) is 38.1. The minimum atomic E-state index is -0.826. The van der Waals surface area contributed by atoms with Crippen molar-refractivity contribution in [2.24, 2.45) is 29.6 Å². The van der Waals surface area contributed by atoms with Crippen LogP contribution < -0.4 is 0 Å². The van der Waals surface area contributed by atoms with Crippen molar-refractivity contribution in [1.82, 2.24) is 0 Å². The second-order valence-electron chi connectivity index (χ2n) is 8.25. The molecular formula is C21H34O4. The van der Waals surface area contributed by atoms with Gasteiger partial charge >= 0.3 is 0 Å². The zero-order valence-electron chi connectivity index (χ0n) is 16.6. The fraction of sp³-hybridized carbons (Fsp3) is 0.762. The molecule has 0 radical (unpaired) electrons. The van der Waals surface area contributed by atoms with Crippen molar-refractivity contribution in [2.45, 2.75) is 73.6 Å². The van der Waals surface area contributed by atoms with E-state index >= 15 is 0 Å². The van der Waals surface area contributed by atoms with Crippen LogP contribution in [0.25, 0.3) is 0 Å². The quantitative estimate of drug-likeness (QED) is 0.581. The normalized spacial score (nSPS) is 22.2. The number of carbonyl (C=O) groups is 3. The van der Waals surface area contributed by atoms with Crippen molar-refractivity contribution < 1.29 is 19.5 Å². The number of Topliss-reactive ketones (excluding diaryl/α,β-unsaturated/α-hetero) is 3. The van der Waals surface area contributed by atoms with Crippen LogP contribution in [-0.2, 0) is 14.4 Å². The van der Waals surface area contributed by atoms with E-state index in [0.717, 1.165) is 12.8 Å². The fourth-order valence-corrected chi connectivity index (χ4v) is 3.26. The van der Waals surface area contributed by atoms with E-state index < -0.39 is 11.8 Å². The molecule has 3 atom stereocenters. The largest absolute Gasteiger partial charge is 0.511 e. The van der Waals surface area contributed by atoms with Gasteiger partial charge in [0.25, 0.3) is 0 Å². The molecule has 0 heterocycles. The summed E-state index contributed by atoms with van der Waals surface area (Å²) >= 11 is 0. The number of aliphatic hydroxyl groups is 1. The molecule has 0 aromatic heterocycles. The lowest BCUT2D eigenvalue weighted by molar-refractivity contribution is -0.130. The number of hydrogen-bond donors (Lipinski definition) is 1. The molecule has 0 fully saturated rings. The van der Waals surface area contributed by atoms with Gasteiger partial charge in [-0.05, 0) is 31.1 Å². The molecule has 2 unspecified atom stereocenters. The summed E-state index contributed by atoms with van der Waals surface area (Å²) in [6, 6.07) is 0. The van der Waals surface area contributed by atoms with Crippen LogP contribution in [0.1, 0.15) is 73.6 Å². The van der Waals surface area contributed by atoms with E-state index in [2.05, 4.69) is 13.8 Å². The van der Waals surface area contributed by atoms with Gasteiger partial charge in [-0.2, -0.15) is 0 Å². The Morgan fingerprint density at radius 1 is 1.04 bits per heavy atom. The molecule has 1 aliphatic rings. The SMILES string of the molecule is CCC(C)C(=O)C1=C(O)C(C(=O)CCC(C)C)[C@H](CCC(C)C)C1=O. The van der Waals surface area contributed by atoms with E-state index in [0.29, 0.717) is 31.1 Å². The third kappa shape index (κ3) is 5.26. The first-order valence-electron chi connectivity index (χ1n) is 9.65. The molecular weight excluding hydrogens is 316 g/mol. The van der Waals surface area contributed by atoms with E-state index in [9.17, 15) is 19.5 Å². The molecule has 1 rings (SSSR count). The Morgan fingerprint density at radius 3 is 2.08 bits per heavy atom. The highest BCUT2D eigenvalue weighted by molar-refractivity contribution is 6.25. The third-order valence-corrected chi connectivity index (χ3v) is 5.21. The van der Waals surface area contributed by atoms with Crippen molar-refractivity contribution in [3.05, 3.63) is 11.3 Å². The van der Waals surface area contributed by atoms with Gasteiger partial charge in [0.05, 0.1) is 11.5 Å². The lowest BCUT2D eigenvalue weighted by Crippen LogP contribution is -2.27. The highest BCUT2D eigenvalue weighted by Gasteiger charge is 2.47. The molecule has 0 aromatic carbocycles. The molecule has 0 aliphatic heterocycles. The Bertz CT molecular complexity index is 542. The van der Waals surface area contributed by atoms with Gasteiger partial charge in [-0.15, -0.1) is 0 Å². The molecule has 0 aromatic rings. The Kier molecular flexibility index (Phi) is 8.04. The van der Waals surface area contributed by atoms with Crippen molar-refractivity contribution in [3.8, 4) is 0 Å². The third-order valence-electron chi connectivity index (χ3n) is 5.21. The van der Waals surface area contributed by atoms with Gasteiger partial charge < -0.3 is 5.11 Å². The smallest absolute Gasteiger partial charge is 0.174 e. The van der Waals surface area contributed by atoms with Crippen molar-refractivity contribution in [2.75, 3.05) is 0 Å². The van der Waals surface area contributed by atoms with Gasteiger partial charge in [0, 0.05) is 18.3 Å². The molecule has 4 heteroatoms. The minimum Gasteiger partial charge on any atom is -0.511 e. The number of rotatable bonds is 10. The Hall–Kier alpha value is -1.45. The van der Waals surface area contributed by atoms with Gasteiger partial charge in [0.1, 0.15) is 11.5 Å². The van der Waals surface area contributed by atoms with Crippen molar-refractivity contribution in [1.29, 1.82) is 0 Å². The zero-order valence-corrected chi connectivity index (χ0v) is 16.6. The van der Waals surface area contributed by atoms with Crippen LogP contribution in [0.15, 0.2) is 11.3 Å². The molecule has 1 N–H and O–H groups in total. The van der Waals surface area contributed by atoms with E-state index in [1.165, 1.54) is 0 Å². The van der Waals surface area contributed by atoms with Gasteiger partial charge in [-0.1, -0.05) is 48.0 Å². The fourth-order valence-electron chi connectivity index (χ4n) is 3.26. The summed E-state index contributed by atoms with van der Waals surface area (Å²) in [7, 11) is 0. The minimum absolute atomic E-state index is 0.106. The lowest BCUT2D eigenvalue weighted by Gasteiger charge is -2.19. The Morgan fingerprint density at radius 2 is 1.60 bits per heavy atom. The molecule has 1 aliphatic carbocycles. The maximum Gasteiger partial charge on any atom is 0.174 e. The molecule has 4 nitrogen and oxygen atoms in total. The van der Waals surface area contributed by atoms with Crippen LogP contribution in [0.5, 0.6) is 0 Å². The van der Waals surface area contributed by atoms with Gasteiger partial charge in [0.2, 0.25) is 0 Å². The Labute approximate surface area is 152 Å². The summed E-state index contributed by atoms with van der Waals surface area (Å²) in [5.41, 5.74) is -0.106. The number of hydrogen-bond acceptors (Lipinski definition) is 4. The van der Waals surface area contributed by atoms with Crippen LogP contribution in [0.4, 0.5) is 0 Å². The van der Waals surface area contributed by atoms with Crippen LogP contribution in [0.3, 0.4) is 0 Å². The molecule has 25 heavy (non-hydrogen) atoms. The average Bonchev–Trinajstić information content (AvgIpc) is 2.79. The Balaban J connectivity index is 3.14. The van der Waals surface area contributed by atoms with Crippen LogP contribution >= 0.6 is 0 Å². The average molecular weight is 350 g/mol. The highest BCUT2D eigenvalue weighted by atomic mass is 16.3. The first-order chi connectivity index (χ1) is 11.6. The summed E-state index contributed by atoms with van der Waals surface area (Å²) in [5, 5.41) is 10.6. The number of aliphatic hydroxyl groups excluding tert-OH is 1. The maximum absolute atomic E-state index is 12.9. The topological polar surface area (TPSA) is 71.4 Å². The predicted molar refractivity (Wildman–Crippen MR) is 99.3 cm³/mol. The zero-order chi connectivity index (χ0) is 19.3. The van der Waals surface area contributed by atoms with Crippen LogP contribution in [-0.4, -0.2) is 22.5 Å². The van der Waals surface area contributed by atoms with Gasteiger partial charge in [-0.3, -0.25) is 14.4 Å². The van der Waals surface area contributed by atoms with E-state index in [-0.39, 0.29) is 34.6 Å². The lowest BCUT2D eigenvalue weighted by atomic mass is 9.82. The monoisotopic (exact) mass is 350 g/mol. The van der Waals surface area contributed by atoms with Crippen LogP contribution in [0.2, 0.25) is 0 Å². The summed E-state index contributed by atoms with van der Waals surface area (Å²) in [5.74, 6) is -1.98. The summed E-state index contributed by atoms with van der Waals surface area (Å²) in [6.45, 7) is 11.8. The molecule has 0 spiro atoms. The van der Waals surface area contributed by atoms with Crippen molar-refractivity contribution >= 4 is 17.3 Å². The van der Waals surface area contributed by atoms with E-state index in [1.54, 1.807) is 6.92 Å². The molecule has 142 valence electrons. The number of ketones is 3. The first kappa shape index (κ1) is 21.6.